The predicted octanol–water partition coefficient (Wildman–Crippen LogP) is 4.00. The number of benzene rings is 2. The molecule has 0 bridgehead atoms. The number of rotatable bonds is 2. The van der Waals surface area contributed by atoms with Crippen molar-refractivity contribution in [2.45, 2.75) is 12.5 Å². The van der Waals surface area contributed by atoms with Crippen LogP contribution in [0.15, 0.2) is 59.7 Å². The molecule has 0 fully saturated rings. The molecule has 112 valence electrons. The minimum atomic E-state index is 0.0902. The average Bonchev–Trinajstić information content (AvgIpc) is 3.01. The third-order valence-electron chi connectivity index (χ3n) is 3.69. The number of hydrogen-bond acceptors (Lipinski definition) is 2. The van der Waals surface area contributed by atoms with Crippen LogP contribution in [0.3, 0.4) is 0 Å². The van der Waals surface area contributed by atoms with Gasteiger partial charge >= 0.3 is 0 Å². The van der Waals surface area contributed by atoms with Gasteiger partial charge in [0.05, 0.1) is 11.8 Å². The number of hydrazone groups is 1. The highest BCUT2D eigenvalue weighted by atomic mass is 35.5. The Hall–Kier alpha value is -1.91. The molecule has 0 spiro atoms. The molecule has 22 heavy (non-hydrogen) atoms. The fraction of sp³-hybridized carbons (Fsp3) is 0.176. The first-order valence-electron chi connectivity index (χ1n) is 7.08. The smallest absolute Gasteiger partial charge is 0.189 e. The van der Waals surface area contributed by atoms with E-state index < -0.39 is 0 Å². The van der Waals surface area contributed by atoms with E-state index in [1.54, 1.807) is 0 Å². The molecule has 0 aromatic heterocycles. The van der Waals surface area contributed by atoms with Crippen LogP contribution in [0.1, 0.15) is 23.6 Å². The summed E-state index contributed by atoms with van der Waals surface area (Å²) >= 11 is 11.4. The van der Waals surface area contributed by atoms with Crippen LogP contribution < -0.4 is 5.32 Å². The molecule has 1 atom stereocenters. The van der Waals surface area contributed by atoms with Crippen LogP contribution in [0, 0.1) is 0 Å². The zero-order valence-corrected chi connectivity index (χ0v) is 13.7. The number of thiocarbonyl (C=S) groups is 1. The van der Waals surface area contributed by atoms with E-state index >= 15 is 0 Å². The molecule has 0 radical (unpaired) electrons. The Bertz CT molecular complexity index is 698. The number of hydrogen-bond donors (Lipinski definition) is 1. The summed E-state index contributed by atoms with van der Waals surface area (Å²) in [6.07, 6.45) is 0.813. The second-order valence-corrected chi connectivity index (χ2v) is 5.91. The topological polar surface area (TPSA) is 27.6 Å². The molecule has 1 aliphatic heterocycles. The van der Waals surface area contributed by atoms with E-state index in [9.17, 15) is 0 Å². The van der Waals surface area contributed by atoms with Gasteiger partial charge in [-0.15, -0.1) is 0 Å². The molecule has 2 aromatic rings. The van der Waals surface area contributed by atoms with Crippen molar-refractivity contribution in [2.75, 3.05) is 7.05 Å². The lowest BCUT2D eigenvalue weighted by Crippen LogP contribution is -2.34. The van der Waals surface area contributed by atoms with Crippen molar-refractivity contribution in [3.05, 3.63) is 70.7 Å². The van der Waals surface area contributed by atoms with E-state index in [4.69, 9.17) is 28.9 Å². The van der Waals surface area contributed by atoms with Gasteiger partial charge in [-0.05, 0) is 35.5 Å². The highest BCUT2D eigenvalue weighted by Gasteiger charge is 2.30. The van der Waals surface area contributed by atoms with Crippen molar-refractivity contribution in [1.82, 2.24) is 10.3 Å². The van der Waals surface area contributed by atoms with E-state index in [0.717, 1.165) is 28.3 Å². The maximum absolute atomic E-state index is 5.99. The van der Waals surface area contributed by atoms with Crippen LogP contribution in [0.25, 0.3) is 0 Å². The van der Waals surface area contributed by atoms with Gasteiger partial charge in [-0.2, -0.15) is 5.10 Å². The van der Waals surface area contributed by atoms with Crippen molar-refractivity contribution in [3.63, 3.8) is 0 Å². The Morgan fingerprint density at radius 2 is 1.86 bits per heavy atom. The van der Waals surface area contributed by atoms with E-state index in [1.807, 2.05) is 54.5 Å². The van der Waals surface area contributed by atoms with Crippen LogP contribution in [-0.4, -0.2) is 22.9 Å². The summed E-state index contributed by atoms with van der Waals surface area (Å²) in [7, 11) is 1.82. The van der Waals surface area contributed by atoms with Gasteiger partial charge in [-0.3, -0.25) is 0 Å². The van der Waals surface area contributed by atoms with Gasteiger partial charge in [0.25, 0.3) is 0 Å². The maximum atomic E-state index is 5.99. The maximum Gasteiger partial charge on any atom is 0.189 e. The van der Waals surface area contributed by atoms with E-state index in [0.29, 0.717) is 5.11 Å². The fourth-order valence-electron chi connectivity index (χ4n) is 2.56. The van der Waals surface area contributed by atoms with Crippen molar-refractivity contribution in [2.24, 2.45) is 5.10 Å². The van der Waals surface area contributed by atoms with Crippen molar-refractivity contribution >= 4 is 34.6 Å². The summed E-state index contributed by atoms with van der Waals surface area (Å²) in [5.41, 5.74) is 3.32. The Kier molecular flexibility index (Phi) is 4.41. The Balaban J connectivity index is 1.94. The first-order chi connectivity index (χ1) is 10.7. The van der Waals surface area contributed by atoms with Crippen molar-refractivity contribution < 1.29 is 0 Å². The second-order valence-electron chi connectivity index (χ2n) is 5.08. The summed E-state index contributed by atoms with van der Waals surface area (Å²) < 4.78 is 0. The van der Waals surface area contributed by atoms with Gasteiger partial charge in [0.2, 0.25) is 0 Å². The quantitative estimate of drug-likeness (QED) is 0.844. The summed E-state index contributed by atoms with van der Waals surface area (Å²) in [6, 6.07) is 18.1. The molecule has 0 saturated carbocycles. The molecule has 0 unspecified atom stereocenters. The highest BCUT2D eigenvalue weighted by Crippen LogP contribution is 2.33. The third-order valence-corrected chi connectivity index (χ3v) is 4.34. The predicted molar refractivity (Wildman–Crippen MR) is 95.3 cm³/mol. The lowest BCUT2D eigenvalue weighted by Gasteiger charge is -2.23. The molecule has 1 heterocycles. The SMILES string of the molecule is CNC(=S)N1N=C(c2ccccc2)C[C@H]1c1ccc(Cl)cc1. The zero-order valence-electron chi connectivity index (χ0n) is 12.2. The molecule has 0 aliphatic carbocycles. The Morgan fingerprint density at radius 3 is 2.50 bits per heavy atom. The van der Waals surface area contributed by atoms with Crippen LogP contribution >= 0.6 is 23.8 Å². The largest absolute Gasteiger partial charge is 0.364 e. The summed E-state index contributed by atoms with van der Waals surface area (Å²) in [4.78, 5) is 0. The average molecular weight is 330 g/mol. The molecule has 3 nitrogen and oxygen atoms in total. The first kappa shape index (κ1) is 15.0. The number of nitrogens with zero attached hydrogens (tertiary/aromatic N) is 2. The molecular formula is C17H16ClN3S. The minimum absolute atomic E-state index is 0.0902. The van der Waals surface area contributed by atoms with Crippen LogP contribution in [-0.2, 0) is 0 Å². The molecule has 1 N–H and O–H groups in total. The van der Waals surface area contributed by atoms with E-state index in [1.165, 1.54) is 0 Å². The molecular weight excluding hydrogens is 314 g/mol. The normalized spacial score (nSPS) is 17.3. The van der Waals surface area contributed by atoms with Gasteiger partial charge in [-0.1, -0.05) is 54.1 Å². The first-order valence-corrected chi connectivity index (χ1v) is 7.87. The Labute approximate surface area is 140 Å². The molecule has 0 saturated heterocycles. The van der Waals surface area contributed by atoms with Gasteiger partial charge in [0.15, 0.2) is 5.11 Å². The molecule has 1 aliphatic rings. The zero-order chi connectivity index (χ0) is 15.5. The van der Waals surface area contributed by atoms with E-state index in [2.05, 4.69) is 17.4 Å². The lowest BCUT2D eigenvalue weighted by molar-refractivity contribution is 0.367. The number of halogens is 1. The van der Waals surface area contributed by atoms with Gasteiger partial charge < -0.3 is 5.32 Å². The highest BCUT2D eigenvalue weighted by molar-refractivity contribution is 7.80. The summed E-state index contributed by atoms with van der Waals surface area (Å²) in [6.45, 7) is 0. The van der Waals surface area contributed by atoms with Crippen LogP contribution in [0.4, 0.5) is 0 Å². The van der Waals surface area contributed by atoms with Crippen molar-refractivity contribution in [3.8, 4) is 0 Å². The molecule has 3 rings (SSSR count). The van der Waals surface area contributed by atoms with Gasteiger partial charge in [0, 0.05) is 18.5 Å². The molecule has 2 aromatic carbocycles. The molecule has 5 heteroatoms. The minimum Gasteiger partial charge on any atom is -0.364 e. The standard InChI is InChI=1S/C17H16ClN3S/c1-19-17(22)21-16(13-7-9-14(18)10-8-13)11-15(20-21)12-5-3-2-4-6-12/h2-10,16H,11H2,1H3,(H,19,22)/t16-/m0/s1. The van der Waals surface area contributed by atoms with E-state index in [-0.39, 0.29) is 6.04 Å². The summed E-state index contributed by atoms with van der Waals surface area (Å²) in [5, 5.41) is 11.0. The Morgan fingerprint density at radius 1 is 1.18 bits per heavy atom. The number of nitrogens with one attached hydrogen (secondary N) is 1. The lowest BCUT2D eigenvalue weighted by atomic mass is 9.99. The van der Waals surface area contributed by atoms with Crippen molar-refractivity contribution in [1.29, 1.82) is 0 Å². The van der Waals surface area contributed by atoms with Gasteiger partial charge in [-0.25, -0.2) is 5.01 Å². The van der Waals surface area contributed by atoms with Crippen LogP contribution in [0.5, 0.6) is 0 Å². The molecule has 0 amide bonds. The third kappa shape index (κ3) is 2.98. The second kappa shape index (κ2) is 6.46. The van der Waals surface area contributed by atoms with Gasteiger partial charge in [0.1, 0.15) is 0 Å². The van der Waals surface area contributed by atoms with Crippen LogP contribution in [0.2, 0.25) is 5.02 Å². The summed E-state index contributed by atoms with van der Waals surface area (Å²) in [5.74, 6) is 0. The monoisotopic (exact) mass is 329 g/mol. The fourth-order valence-corrected chi connectivity index (χ4v) is 2.86.